The number of rotatable bonds is 4. The first-order valence-electron chi connectivity index (χ1n) is 6.52. The minimum atomic E-state index is -0.353. The second kappa shape index (κ2) is 5.99. The lowest BCUT2D eigenvalue weighted by atomic mass is 10.1. The van der Waals surface area contributed by atoms with Crippen molar-refractivity contribution in [3.05, 3.63) is 33.9 Å². The average Bonchev–Trinajstić information content (AvgIpc) is 2.40. The van der Waals surface area contributed by atoms with E-state index in [9.17, 15) is 10.1 Å². The molecule has 0 bridgehead atoms. The molecule has 0 saturated carbocycles. The molecule has 6 nitrogen and oxygen atoms in total. The summed E-state index contributed by atoms with van der Waals surface area (Å²) < 4.78 is 0. The highest BCUT2D eigenvalue weighted by Crippen LogP contribution is 2.26. The number of likely N-dealkylation sites (N-methyl/N-ethyl adjacent to an activating group) is 1. The number of nitrogens with zero attached hydrogens (tertiary/aromatic N) is 3. The van der Waals surface area contributed by atoms with E-state index in [1.807, 2.05) is 6.07 Å². The summed E-state index contributed by atoms with van der Waals surface area (Å²) >= 11 is 0. The molecule has 0 radical (unpaired) electrons. The maximum Gasteiger partial charge on any atom is 0.269 e. The third-order valence-corrected chi connectivity index (χ3v) is 3.53. The van der Waals surface area contributed by atoms with Gasteiger partial charge in [-0.2, -0.15) is 0 Å². The molecule has 0 aromatic heterocycles. The van der Waals surface area contributed by atoms with Crippen LogP contribution < -0.4 is 10.6 Å². The molecule has 6 heteroatoms. The van der Waals surface area contributed by atoms with Gasteiger partial charge >= 0.3 is 0 Å². The zero-order valence-corrected chi connectivity index (χ0v) is 11.2. The second-order valence-corrected chi connectivity index (χ2v) is 4.90. The Kier molecular flexibility index (Phi) is 4.34. The van der Waals surface area contributed by atoms with Gasteiger partial charge in [-0.05, 0) is 31.6 Å². The zero-order valence-electron chi connectivity index (χ0n) is 11.2. The molecule has 0 unspecified atom stereocenters. The van der Waals surface area contributed by atoms with Gasteiger partial charge in [-0.1, -0.05) is 0 Å². The Morgan fingerprint density at radius 2 is 2.00 bits per heavy atom. The highest BCUT2D eigenvalue weighted by atomic mass is 16.6. The van der Waals surface area contributed by atoms with E-state index in [1.54, 1.807) is 12.1 Å². The Bertz CT molecular complexity index is 456. The molecule has 1 aliphatic heterocycles. The Morgan fingerprint density at radius 1 is 1.32 bits per heavy atom. The van der Waals surface area contributed by atoms with Crippen molar-refractivity contribution in [3.63, 3.8) is 0 Å². The van der Waals surface area contributed by atoms with E-state index in [4.69, 9.17) is 5.73 Å². The number of nitrogens with two attached hydrogens (primary N) is 1. The number of non-ortho nitro benzene ring substituents is 1. The van der Waals surface area contributed by atoms with Gasteiger partial charge in [0.2, 0.25) is 0 Å². The van der Waals surface area contributed by atoms with Gasteiger partial charge in [0.1, 0.15) is 0 Å². The minimum Gasteiger partial charge on any atom is -0.369 e. The summed E-state index contributed by atoms with van der Waals surface area (Å²) in [5.41, 5.74) is 7.81. The number of hydrogen-bond acceptors (Lipinski definition) is 5. The average molecular weight is 264 g/mol. The van der Waals surface area contributed by atoms with Crippen molar-refractivity contribution in [1.82, 2.24) is 4.90 Å². The summed E-state index contributed by atoms with van der Waals surface area (Å²) in [7, 11) is 2.11. The Labute approximate surface area is 112 Å². The summed E-state index contributed by atoms with van der Waals surface area (Å²) in [5.74, 6) is 0. The van der Waals surface area contributed by atoms with Crippen LogP contribution in [0, 0.1) is 10.1 Å². The molecule has 1 aromatic carbocycles. The van der Waals surface area contributed by atoms with E-state index in [-0.39, 0.29) is 10.6 Å². The maximum atomic E-state index is 10.8. The van der Waals surface area contributed by atoms with Gasteiger partial charge in [-0.15, -0.1) is 0 Å². The van der Waals surface area contributed by atoms with E-state index < -0.39 is 0 Å². The van der Waals surface area contributed by atoms with Gasteiger partial charge in [0.25, 0.3) is 5.69 Å². The summed E-state index contributed by atoms with van der Waals surface area (Å²) in [5, 5.41) is 10.8. The molecule has 0 spiro atoms. The lowest BCUT2D eigenvalue weighted by molar-refractivity contribution is -0.384. The van der Waals surface area contributed by atoms with Crippen molar-refractivity contribution >= 4 is 11.4 Å². The Hall–Kier alpha value is -1.66. The molecule has 0 atom stereocenters. The number of piperazine rings is 1. The third kappa shape index (κ3) is 3.21. The number of anilines is 1. The molecule has 1 aromatic rings. The fourth-order valence-corrected chi connectivity index (χ4v) is 2.40. The monoisotopic (exact) mass is 264 g/mol. The van der Waals surface area contributed by atoms with Crippen LogP contribution in [0.1, 0.15) is 5.56 Å². The topological polar surface area (TPSA) is 75.6 Å². The van der Waals surface area contributed by atoms with Gasteiger partial charge in [0.05, 0.1) is 4.92 Å². The van der Waals surface area contributed by atoms with Crippen LogP contribution in [0.2, 0.25) is 0 Å². The summed E-state index contributed by atoms with van der Waals surface area (Å²) in [4.78, 5) is 15.1. The molecule has 19 heavy (non-hydrogen) atoms. The first-order chi connectivity index (χ1) is 9.11. The lowest BCUT2D eigenvalue weighted by Crippen LogP contribution is -2.44. The van der Waals surface area contributed by atoms with Crippen molar-refractivity contribution in [2.45, 2.75) is 6.42 Å². The first kappa shape index (κ1) is 13.8. The van der Waals surface area contributed by atoms with Gasteiger partial charge in [0.15, 0.2) is 0 Å². The van der Waals surface area contributed by atoms with E-state index in [0.29, 0.717) is 13.0 Å². The van der Waals surface area contributed by atoms with Gasteiger partial charge < -0.3 is 15.5 Å². The minimum absolute atomic E-state index is 0.140. The first-order valence-corrected chi connectivity index (χ1v) is 6.52. The normalized spacial score (nSPS) is 16.6. The number of hydrogen-bond donors (Lipinski definition) is 1. The second-order valence-electron chi connectivity index (χ2n) is 4.90. The molecular formula is C13H20N4O2. The predicted molar refractivity (Wildman–Crippen MR) is 75.6 cm³/mol. The van der Waals surface area contributed by atoms with E-state index in [0.717, 1.165) is 37.4 Å². The van der Waals surface area contributed by atoms with Crippen molar-refractivity contribution in [1.29, 1.82) is 0 Å². The van der Waals surface area contributed by atoms with E-state index >= 15 is 0 Å². The van der Waals surface area contributed by atoms with Crippen LogP contribution >= 0.6 is 0 Å². The van der Waals surface area contributed by atoms with Crippen molar-refractivity contribution in [2.75, 3.05) is 44.7 Å². The van der Waals surface area contributed by atoms with Crippen LogP contribution in [0.5, 0.6) is 0 Å². The summed E-state index contributed by atoms with van der Waals surface area (Å²) in [6.45, 7) is 4.43. The number of nitro groups is 1. The van der Waals surface area contributed by atoms with Crippen LogP contribution in [0.25, 0.3) is 0 Å². The standard InChI is InChI=1S/C13H20N4O2/c1-15-6-8-16(9-7-15)13-3-2-12(17(18)19)10-11(13)4-5-14/h2-3,10H,4-9,14H2,1H3. The molecule has 1 saturated heterocycles. The molecule has 0 aliphatic carbocycles. The predicted octanol–water partition coefficient (Wildman–Crippen LogP) is 0.848. The van der Waals surface area contributed by atoms with E-state index in [2.05, 4.69) is 16.8 Å². The molecule has 2 N–H and O–H groups in total. The van der Waals surface area contributed by atoms with E-state index in [1.165, 1.54) is 0 Å². The van der Waals surface area contributed by atoms with Crippen LogP contribution in [-0.4, -0.2) is 49.6 Å². The molecular weight excluding hydrogens is 244 g/mol. The fourth-order valence-electron chi connectivity index (χ4n) is 2.40. The number of benzene rings is 1. The van der Waals surface area contributed by atoms with Gasteiger partial charge in [-0.3, -0.25) is 10.1 Å². The summed E-state index contributed by atoms with van der Waals surface area (Å²) in [6, 6.07) is 5.09. The highest BCUT2D eigenvalue weighted by molar-refractivity contribution is 5.58. The van der Waals surface area contributed by atoms with Gasteiger partial charge in [0, 0.05) is 44.0 Å². The Balaban J connectivity index is 2.25. The van der Waals surface area contributed by atoms with Crippen LogP contribution in [0.4, 0.5) is 11.4 Å². The molecule has 1 heterocycles. The molecule has 0 amide bonds. The van der Waals surface area contributed by atoms with Gasteiger partial charge in [-0.25, -0.2) is 0 Å². The molecule has 1 aliphatic rings. The van der Waals surface area contributed by atoms with Crippen molar-refractivity contribution in [2.24, 2.45) is 5.73 Å². The van der Waals surface area contributed by atoms with Crippen LogP contribution in [-0.2, 0) is 6.42 Å². The van der Waals surface area contributed by atoms with Crippen molar-refractivity contribution < 1.29 is 4.92 Å². The number of nitro benzene ring substituents is 1. The van der Waals surface area contributed by atoms with Crippen LogP contribution in [0.15, 0.2) is 18.2 Å². The fraction of sp³-hybridized carbons (Fsp3) is 0.538. The largest absolute Gasteiger partial charge is 0.369 e. The summed E-state index contributed by atoms with van der Waals surface area (Å²) in [6.07, 6.45) is 0.670. The van der Waals surface area contributed by atoms with Crippen molar-refractivity contribution in [3.8, 4) is 0 Å². The zero-order chi connectivity index (χ0) is 13.8. The lowest BCUT2D eigenvalue weighted by Gasteiger charge is -2.35. The Morgan fingerprint density at radius 3 is 2.58 bits per heavy atom. The molecule has 2 rings (SSSR count). The smallest absolute Gasteiger partial charge is 0.269 e. The quantitative estimate of drug-likeness (QED) is 0.644. The SMILES string of the molecule is CN1CCN(c2ccc([N+](=O)[O-])cc2CCN)CC1. The maximum absolute atomic E-state index is 10.8. The molecule has 104 valence electrons. The highest BCUT2D eigenvalue weighted by Gasteiger charge is 2.18. The third-order valence-electron chi connectivity index (χ3n) is 3.53. The molecule has 1 fully saturated rings. The van der Waals surface area contributed by atoms with Crippen LogP contribution in [0.3, 0.4) is 0 Å².